The van der Waals surface area contributed by atoms with Crippen LogP contribution in [0.1, 0.15) is 12.8 Å². The summed E-state index contributed by atoms with van der Waals surface area (Å²) in [6.45, 7) is 3.00. The number of nitrogens with two attached hydrogens (primary N) is 1. The van der Waals surface area contributed by atoms with Gasteiger partial charge in [-0.3, -0.25) is 4.90 Å². The number of nitrogens with zero attached hydrogens (tertiary/aromatic N) is 1. The van der Waals surface area contributed by atoms with Crippen LogP contribution in [0, 0.1) is 0 Å². The normalized spacial score (nSPS) is 20.5. The van der Waals surface area contributed by atoms with Gasteiger partial charge in [-0.15, -0.1) is 11.8 Å². The minimum absolute atomic E-state index is 0.570. The second kappa shape index (κ2) is 7.01. The van der Waals surface area contributed by atoms with Crippen LogP contribution in [0.2, 0.25) is 10.0 Å². The SMILES string of the molecule is NCC1CCCN1CCSc1cc(Cl)ccc1Cl. The van der Waals surface area contributed by atoms with Crippen LogP contribution < -0.4 is 5.73 Å². The van der Waals surface area contributed by atoms with Crippen molar-refractivity contribution in [3.8, 4) is 0 Å². The van der Waals surface area contributed by atoms with Crippen LogP contribution >= 0.6 is 35.0 Å². The number of rotatable bonds is 5. The zero-order valence-electron chi connectivity index (χ0n) is 10.2. The molecule has 1 fully saturated rings. The second-order valence-electron chi connectivity index (χ2n) is 4.49. The summed E-state index contributed by atoms with van der Waals surface area (Å²) in [7, 11) is 0. The van der Waals surface area contributed by atoms with Gasteiger partial charge in [-0.25, -0.2) is 0 Å². The van der Waals surface area contributed by atoms with Crippen LogP contribution in [0.5, 0.6) is 0 Å². The molecule has 0 saturated carbocycles. The highest BCUT2D eigenvalue weighted by Crippen LogP contribution is 2.30. The van der Waals surface area contributed by atoms with Gasteiger partial charge < -0.3 is 5.73 Å². The van der Waals surface area contributed by atoms with Crippen molar-refractivity contribution in [2.24, 2.45) is 5.73 Å². The zero-order valence-corrected chi connectivity index (χ0v) is 12.6. The van der Waals surface area contributed by atoms with E-state index in [1.54, 1.807) is 11.8 Å². The van der Waals surface area contributed by atoms with Gasteiger partial charge in [0.05, 0.1) is 5.02 Å². The molecule has 1 unspecified atom stereocenters. The van der Waals surface area contributed by atoms with Gasteiger partial charge in [-0.05, 0) is 37.6 Å². The summed E-state index contributed by atoms with van der Waals surface area (Å²) >= 11 is 13.9. The minimum atomic E-state index is 0.570. The summed E-state index contributed by atoms with van der Waals surface area (Å²) in [6, 6.07) is 6.17. The first-order valence-corrected chi connectivity index (χ1v) is 7.97. The number of hydrogen-bond acceptors (Lipinski definition) is 3. The Hall–Kier alpha value is 0.0700. The lowest BCUT2D eigenvalue weighted by molar-refractivity contribution is 0.275. The van der Waals surface area contributed by atoms with E-state index in [0.717, 1.165) is 33.8 Å². The third-order valence-electron chi connectivity index (χ3n) is 3.30. The summed E-state index contributed by atoms with van der Waals surface area (Å²) in [5, 5.41) is 1.52. The van der Waals surface area contributed by atoms with Crippen LogP contribution in [-0.2, 0) is 0 Å². The van der Waals surface area contributed by atoms with Crippen LogP contribution in [0.15, 0.2) is 23.1 Å². The molecule has 0 bridgehead atoms. The highest BCUT2D eigenvalue weighted by Gasteiger charge is 2.22. The molecule has 0 radical (unpaired) electrons. The Morgan fingerprint density at radius 2 is 2.22 bits per heavy atom. The van der Waals surface area contributed by atoms with E-state index >= 15 is 0 Å². The first-order valence-electron chi connectivity index (χ1n) is 6.22. The highest BCUT2D eigenvalue weighted by molar-refractivity contribution is 7.99. The van der Waals surface area contributed by atoms with Crippen molar-refractivity contribution in [2.45, 2.75) is 23.8 Å². The Labute approximate surface area is 123 Å². The van der Waals surface area contributed by atoms with E-state index in [1.165, 1.54) is 19.4 Å². The van der Waals surface area contributed by atoms with E-state index in [1.807, 2.05) is 18.2 Å². The molecule has 5 heteroatoms. The molecule has 0 amide bonds. The topological polar surface area (TPSA) is 29.3 Å². The third kappa shape index (κ3) is 3.78. The molecule has 1 aliphatic heterocycles. The summed E-state index contributed by atoms with van der Waals surface area (Å²) in [5.74, 6) is 1.02. The van der Waals surface area contributed by atoms with Crippen molar-refractivity contribution in [1.82, 2.24) is 4.90 Å². The first-order chi connectivity index (χ1) is 8.70. The Bertz CT molecular complexity index is 401. The predicted molar refractivity (Wildman–Crippen MR) is 80.8 cm³/mol. The molecular weight excluding hydrogens is 287 g/mol. The molecule has 1 atom stereocenters. The molecule has 0 aliphatic carbocycles. The number of hydrogen-bond donors (Lipinski definition) is 1. The number of thioether (sulfide) groups is 1. The fourth-order valence-electron chi connectivity index (χ4n) is 2.32. The Kier molecular flexibility index (Phi) is 5.64. The van der Waals surface area contributed by atoms with Gasteiger partial charge in [0, 0.05) is 34.8 Å². The van der Waals surface area contributed by atoms with Gasteiger partial charge in [-0.1, -0.05) is 23.2 Å². The van der Waals surface area contributed by atoms with Gasteiger partial charge in [0.1, 0.15) is 0 Å². The van der Waals surface area contributed by atoms with E-state index in [2.05, 4.69) is 4.90 Å². The number of likely N-dealkylation sites (tertiary alicyclic amines) is 1. The quantitative estimate of drug-likeness (QED) is 0.844. The van der Waals surface area contributed by atoms with Crippen molar-refractivity contribution in [1.29, 1.82) is 0 Å². The maximum absolute atomic E-state index is 6.13. The molecule has 1 aromatic rings. The lowest BCUT2D eigenvalue weighted by Gasteiger charge is -2.22. The molecule has 2 nitrogen and oxygen atoms in total. The average molecular weight is 305 g/mol. The van der Waals surface area contributed by atoms with Crippen LogP contribution in [0.3, 0.4) is 0 Å². The Morgan fingerprint density at radius 1 is 1.39 bits per heavy atom. The van der Waals surface area contributed by atoms with E-state index in [9.17, 15) is 0 Å². The molecule has 1 aromatic carbocycles. The molecule has 1 aliphatic rings. The van der Waals surface area contributed by atoms with E-state index in [4.69, 9.17) is 28.9 Å². The fourth-order valence-corrected chi connectivity index (χ4v) is 3.80. The average Bonchev–Trinajstić information content (AvgIpc) is 2.81. The maximum Gasteiger partial charge on any atom is 0.0542 e. The third-order valence-corrected chi connectivity index (χ3v) is 5.01. The molecule has 0 spiro atoms. The van der Waals surface area contributed by atoms with Gasteiger partial charge in [0.25, 0.3) is 0 Å². The van der Waals surface area contributed by atoms with Gasteiger partial charge in [0.2, 0.25) is 0 Å². The zero-order chi connectivity index (χ0) is 13.0. The monoisotopic (exact) mass is 304 g/mol. The van der Waals surface area contributed by atoms with Gasteiger partial charge >= 0.3 is 0 Å². The lowest BCUT2D eigenvalue weighted by Crippen LogP contribution is -2.36. The molecule has 100 valence electrons. The fraction of sp³-hybridized carbons (Fsp3) is 0.538. The number of halogens is 2. The Morgan fingerprint density at radius 3 is 3.00 bits per heavy atom. The maximum atomic E-state index is 6.13. The van der Waals surface area contributed by atoms with Crippen LogP contribution in [0.25, 0.3) is 0 Å². The Balaban J connectivity index is 1.83. The summed E-state index contributed by atoms with van der Waals surface area (Å²) in [6.07, 6.45) is 2.50. The molecule has 1 heterocycles. The molecule has 1 saturated heterocycles. The second-order valence-corrected chi connectivity index (χ2v) is 6.47. The van der Waals surface area contributed by atoms with Crippen LogP contribution in [0.4, 0.5) is 0 Å². The van der Waals surface area contributed by atoms with Gasteiger partial charge in [0.15, 0.2) is 0 Å². The van der Waals surface area contributed by atoms with E-state index in [-0.39, 0.29) is 0 Å². The molecule has 18 heavy (non-hydrogen) atoms. The smallest absolute Gasteiger partial charge is 0.0542 e. The van der Waals surface area contributed by atoms with Crippen molar-refractivity contribution in [3.63, 3.8) is 0 Å². The largest absolute Gasteiger partial charge is 0.329 e. The van der Waals surface area contributed by atoms with Crippen molar-refractivity contribution in [2.75, 3.05) is 25.4 Å². The molecule has 2 rings (SSSR count). The van der Waals surface area contributed by atoms with Crippen molar-refractivity contribution in [3.05, 3.63) is 28.2 Å². The van der Waals surface area contributed by atoms with Crippen LogP contribution in [-0.4, -0.2) is 36.3 Å². The summed E-state index contributed by atoms with van der Waals surface area (Å²) in [4.78, 5) is 3.54. The molecular formula is C13H18Cl2N2S. The molecule has 0 aromatic heterocycles. The summed E-state index contributed by atoms with van der Waals surface area (Å²) < 4.78 is 0. The van der Waals surface area contributed by atoms with Gasteiger partial charge in [-0.2, -0.15) is 0 Å². The van der Waals surface area contributed by atoms with Crippen molar-refractivity contribution >= 4 is 35.0 Å². The van der Waals surface area contributed by atoms with Crippen molar-refractivity contribution < 1.29 is 0 Å². The van der Waals surface area contributed by atoms with E-state index < -0.39 is 0 Å². The number of benzene rings is 1. The molecule has 2 N–H and O–H groups in total. The predicted octanol–water partition coefficient (Wildman–Crippen LogP) is 3.51. The standard InChI is InChI=1S/C13H18Cl2N2S/c14-10-3-4-12(15)13(8-10)18-7-6-17-5-1-2-11(17)9-16/h3-4,8,11H,1-2,5-7,9,16H2. The first kappa shape index (κ1) is 14.5. The minimum Gasteiger partial charge on any atom is -0.329 e. The van der Waals surface area contributed by atoms with E-state index in [0.29, 0.717) is 6.04 Å². The lowest BCUT2D eigenvalue weighted by atomic mass is 10.2. The highest BCUT2D eigenvalue weighted by atomic mass is 35.5. The summed E-state index contributed by atoms with van der Waals surface area (Å²) in [5.41, 5.74) is 5.76.